The predicted molar refractivity (Wildman–Crippen MR) is 90.0 cm³/mol. The minimum atomic E-state index is -0.0760. The van der Waals surface area contributed by atoms with E-state index in [1.165, 1.54) is 31.2 Å². The van der Waals surface area contributed by atoms with Crippen molar-refractivity contribution in [2.45, 2.75) is 38.3 Å². The molecule has 0 saturated carbocycles. The van der Waals surface area contributed by atoms with Gasteiger partial charge in [0.15, 0.2) is 0 Å². The lowest BCUT2D eigenvalue weighted by Crippen LogP contribution is -2.41. The second-order valence-electron chi connectivity index (χ2n) is 6.12. The van der Waals surface area contributed by atoms with E-state index in [2.05, 4.69) is 50.5 Å². The summed E-state index contributed by atoms with van der Waals surface area (Å²) in [6.07, 6.45) is 7.84. The molecule has 0 spiro atoms. The number of H-pyrrole nitrogens is 1. The van der Waals surface area contributed by atoms with Gasteiger partial charge in [-0.05, 0) is 31.4 Å². The normalized spacial score (nSPS) is 18.7. The van der Waals surface area contributed by atoms with Gasteiger partial charge in [0.1, 0.15) is 5.69 Å². The number of nitrogens with one attached hydrogen (secondary N) is 2. The van der Waals surface area contributed by atoms with Crippen molar-refractivity contribution in [2.24, 2.45) is 0 Å². The Hall–Kier alpha value is -2.14. The zero-order valence-electron chi connectivity index (χ0n) is 13.4. The number of rotatable bonds is 6. The third-order valence-electron chi connectivity index (χ3n) is 4.48. The van der Waals surface area contributed by atoms with Gasteiger partial charge in [-0.3, -0.25) is 9.69 Å². The topological polar surface area (TPSA) is 61.0 Å². The van der Waals surface area contributed by atoms with E-state index in [1.807, 2.05) is 0 Å². The van der Waals surface area contributed by atoms with Gasteiger partial charge in [-0.25, -0.2) is 4.98 Å². The Labute approximate surface area is 137 Å². The smallest absolute Gasteiger partial charge is 0.269 e. The maximum absolute atomic E-state index is 11.9. The number of piperidine rings is 1. The van der Waals surface area contributed by atoms with E-state index in [9.17, 15) is 4.79 Å². The summed E-state index contributed by atoms with van der Waals surface area (Å²) in [7, 11) is 0. The van der Waals surface area contributed by atoms with Crippen LogP contribution in [0.15, 0.2) is 42.9 Å². The van der Waals surface area contributed by atoms with Crippen LogP contribution in [0.4, 0.5) is 0 Å². The maximum atomic E-state index is 11.9. The van der Waals surface area contributed by atoms with Crippen LogP contribution in [0.5, 0.6) is 0 Å². The number of benzene rings is 1. The van der Waals surface area contributed by atoms with Crippen LogP contribution in [-0.4, -0.2) is 39.9 Å². The standard InChI is InChI=1S/C18H24N4O/c23-18(17-12-19-14-21-17)20-10-9-16-8-4-5-11-22(16)13-15-6-2-1-3-7-15/h1-3,6-7,12,14,16H,4-5,8-11,13H2,(H,19,21)(H,20,23)/t16-/m0/s1. The number of carbonyl (C=O) groups excluding carboxylic acids is 1. The predicted octanol–water partition coefficient (Wildman–Crippen LogP) is 2.58. The Balaban J connectivity index is 1.49. The van der Waals surface area contributed by atoms with Crippen LogP contribution in [0.25, 0.3) is 0 Å². The Morgan fingerprint density at radius 2 is 2.17 bits per heavy atom. The number of aromatic nitrogens is 2. The van der Waals surface area contributed by atoms with Crippen molar-refractivity contribution < 1.29 is 4.79 Å². The highest BCUT2D eigenvalue weighted by molar-refractivity contribution is 5.91. The summed E-state index contributed by atoms with van der Waals surface area (Å²) in [5.41, 5.74) is 1.88. The molecule has 1 saturated heterocycles. The number of imidazole rings is 1. The summed E-state index contributed by atoms with van der Waals surface area (Å²) in [6.45, 7) is 2.85. The fraction of sp³-hybridized carbons (Fsp3) is 0.444. The number of nitrogens with zero attached hydrogens (tertiary/aromatic N) is 2. The van der Waals surface area contributed by atoms with Crippen LogP contribution in [0.2, 0.25) is 0 Å². The van der Waals surface area contributed by atoms with E-state index in [0.717, 1.165) is 19.5 Å². The molecule has 23 heavy (non-hydrogen) atoms. The molecule has 1 aliphatic heterocycles. The molecule has 1 amide bonds. The van der Waals surface area contributed by atoms with Gasteiger partial charge in [0.25, 0.3) is 5.91 Å². The Bertz CT molecular complexity index is 597. The van der Waals surface area contributed by atoms with Crippen molar-refractivity contribution in [3.05, 3.63) is 54.1 Å². The highest BCUT2D eigenvalue weighted by atomic mass is 16.1. The van der Waals surface area contributed by atoms with E-state index in [4.69, 9.17) is 0 Å². The average Bonchev–Trinajstić information content (AvgIpc) is 3.12. The van der Waals surface area contributed by atoms with Crippen molar-refractivity contribution in [1.29, 1.82) is 0 Å². The number of hydrogen-bond acceptors (Lipinski definition) is 3. The van der Waals surface area contributed by atoms with Crippen LogP contribution < -0.4 is 5.32 Å². The van der Waals surface area contributed by atoms with Crippen molar-refractivity contribution in [3.8, 4) is 0 Å². The lowest BCUT2D eigenvalue weighted by molar-refractivity contribution is 0.0932. The lowest BCUT2D eigenvalue weighted by atomic mass is 9.98. The summed E-state index contributed by atoms with van der Waals surface area (Å²) < 4.78 is 0. The van der Waals surface area contributed by atoms with Gasteiger partial charge in [0.05, 0.1) is 12.5 Å². The van der Waals surface area contributed by atoms with Gasteiger partial charge in [-0.1, -0.05) is 36.8 Å². The first kappa shape index (κ1) is 15.7. The molecule has 1 aromatic carbocycles. The molecular formula is C18H24N4O. The van der Waals surface area contributed by atoms with E-state index in [-0.39, 0.29) is 5.91 Å². The molecular weight excluding hydrogens is 288 g/mol. The van der Waals surface area contributed by atoms with Crippen LogP contribution >= 0.6 is 0 Å². The Morgan fingerprint density at radius 1 is 1.30 bits per heavy atom. The highest BCUT2D eigenvalue weighted by Crippen LogP contribution is 2.21. The first-order valence-corrected chi connectivity index (χ1v) is 8.37. The molecule has 0 aliphatic carbocycles. The van der Waals surface area contributed by atoms with Crippen LogP contribution in [0, 0.1) is 0 Å². The largest absolute Gasteiger partial charge is 0.351 e. The van der Waals surface area contributed by atoms with E-state index in [0.29, 0.717) is 18.3 Å². The summed E-state index contributed by atoms with van der Waals surface area (Å²) in [4.78, 5) is 21.2. The Morgan fingerprint density at radius 3 is 2.96 bits per heavy atom. The number of likely N-dealkylation sites (tertiary alicyclic amines) is 1. The molecule has 2 N–H and O–H groups in total. The van der Waals surface area contributed by atoms with E-state index in [1.54, 1.807) is 6.20 Å². The first-order valence-electron chi connectivity index (χ1n) is 8.37. The fourth-order valence-corrected chi connectivity index (χ4v) is 3.24. The molecule has 5 nitrogen and oxygen atoms in total. The third-order valence-corrected chi connectivity index (χ3v) is 4.48. The summed E-state index contributed by atoms with van der Waals surface area (Å²) >= 11 is 0. The number of amides is 1. The van der Waals surface area contributed by atoms with Gasteiger partial charge in [-0.2, -0.15) is 0 Å². The molecule has 1 aromatic heterocycles. The van der Waals surface area contributed by atoms with E-state index < -0.39 is 0 Å². The average molecular weight is 312 g/mol. The summed E-state index contributed by atoms with van der Waals surface area (Å²) in [5, 5.41) is 2.98. The van der Waals surface area contributed by atoms with Crippen LogP contribution in [0.1, 0.15) is 41.7 Å². The molecule has 1 fully saturated rings. The van der Waals surface area contributed by atoms with Crippen molar-refractivity contribution in [2.75, 3.05) is 13.1 Å². The molecule has 0 radical (unpaired) electrons. The Kier molecular flexibility index (Phi) is 5.42. The van der Waals surface area contributed by atoms with Gasteiger partial charge in [0, 0.05) is 19.1 Å². The summed E-state index contributed by atoms with van der Waals surface area (Å²) in [5.74, 6) is -0.0760. The lowest BCUT2D eigenvalue weighted by Gasteiger charge is -2.36. The number of hydrogen-bond donors (Lipinski definition) is 2. The van der Waals surface area contributed by atoms with Gasteiger partial charge in [-0.15, -0.1) is 0 Å². The molecule has 2 heterocycles. The van der Waals surface area contributed by atoms with E-state index >= 15 is 0 Å². The van der Waals surface area contributed by atoms with Crippen LogP contribution in [-0.2, 0) is 6.54 Å². The van der Waals surface area contributed by atoms with Crippen molar-refractivity contribution in [1.82, 2.24) is 20.2 Å². The third kappa shape index (κ3) is 4.42. The van der Waals surface area contributed by atoms with Crippen molar-refractivity contribution >= 4 is 5.91 Å². The first-order chi connectivity index (χ1) is 11.3. The van der Waals surface area contributed by atoms with Crippen molar-refractivity contribution in [3.63, 3.8) is 0 Å². The van der Waals surface area contributed by atoms with Gasteiger partial charge in [0.2, 0.25) is 0 Å². The zero-order valence-corrected chi connectivity index (χ0v) is 13.4. The molecule has 5 heteroatoms. The second kappa shape index (κ2) is 7.92. The van der Waals surface area contributed by atoms with Gasteiger partial charge >= 0.3 is 0 Å². The minimum Gasteiger partial charge on any atom is -0.351 e. The maximum Gasteiger partial charge on any atom is 0.269 e. The molecule has 0 unspecified atom stereocenters. The molecule has 1 atom stereocenters. The van der Waals surface area contributed by atoms with Crippen LogP contribution in [0.3, 0.4) is 0 Å². The molecule has 122 valence electrons. The quantitative estimate of drug-likeness (QED) is 0.862. The SMILES string of the molecule is O=C(NCC[C@@H]1CCCCN1Cc1ccccc1)c1cnc[nH]1. The fourth-order valence-electron chi connectivity index (χ4n) is 3.24. The number of carbonyl (C=O) groups is 1. The molecule has 0 bridgehead atoms. The minimum absolute atomic E-state index is 0.0760. The second-order valence-corrected chi connectivity index (χ2v) is 6.12. The molecule has 3 rings (SSSR count). The number of aromatic amines is 1. The monoisotopic (exact) mass is 312 g/mol. The zero-order chi connectivity index (χ0) is 15.9. The summed E-state index contributed by atoms with van der Waals surface area (Å²) in [6, 6.07) is 11.2. The molecule has 1 aliphatic rings. The van der Waals surface area contributed by atoms with Gasteiger partial charge < -0.3 is 10.3 Å². The highest BCUT2D eigenvalue weighted by Gasteiger charge is 2.22. The molecule has 2 aromatic rings.